The molecule has 128 valence electrons. The summed E-state index contributed by atoms with van der Waals surface area (Å²) < 4.78 is 13.2. The van der Waals surface area contributed by atoms with Crippen molar-refractivity contribution in [1.29, 1.82) is 0 Å². The van der Waals surface area contributed by atoms with Gasteiger partial charge in [-0.15, -0.1) is 0 Å². The lowest BCUT2D eigenvalue weighted by molar-refractivity contribution is -0.129. The van der Waals surface area contributed by atoms with Gasteiger partial charge in [-0.3, -0.25) is 19.3 Å². The number of halogens is 1. The third kappa shape index (κ3) is 4.90. The fraction of sp³-hybridized carbons (Fsp3) is 0.312. The van der Waals surface area contributed by atoms with E-state index in [0.717, 1.165) is 16.7 Å². The Hall–Kier alpha value is -2.19. The third-order valence-corrected chi connectivity index (χ3v) is 4.11. The maximum atomic E-state index is 13.2. The van der Waals surface area contributed by atoms with Gasteiger partial charge in [-0.2, -0.15) is 0 Å². The molecule has 0 aliphatic carbocycles. The number of hydrogen-bond donors (Lipinski definition) is 1. The normalized spacial score (nSPS) is 16.3. The number of carbonyl (C=O) groups is 3. The van der Waals surface area contributed by atoms with Gasteiger partial charge in [0.25, 0.3) is 11.1 Å². The Labute approximate surface area is 143 Å². The molecule has 2 rings (SSSR count). The number of thioether (sulfide) groups is 1. The number of carbonyl (C=O) groups excluding carboxylic acids is 3. The summed E-state index contributed by atoms with van der Waals surface area (Å²) in [5, 5.41) is 2.14. The molecule has 0 radical (unpaired) electrons. The minimum Gasteiger partial charge on any atom is -0.353 e. The highest BCUT2D eigenvalue weighted by atomic mass is 32.2. The van der Waals surface area contributed by atoms with E-state index < -0.39 is 22.9 Å². The monoisotopic (exact) mass is 351 g/mol. The molecule has 1 aliphatic heterocycles. The number of hydrogen-bond acceptors (Lipinski definition) is 5. The Morgan fingerprint density at radius 1 is 1.38 bits per heavy atom. The Morgan fingerprint density at radius 2 is 2.12 bits per heavy atom. The van der Waals surface area contributed by atoms with E-state index in [1.165, 1.54) is 24.3 Å². The van der Waals surface area contributed by atoms with E-state index in [0.29, 0.717) is 18.7 Å². The van der Waals surface area contributed by atoms with Gasteiger partial charge in [0.1, 0.15) is 12.4 Å². The molecule has 1 aromatic rings. The molecule has 1 saturated heterocycles. The molecular formula is C16H18FN3O3S. The predicted molar refractivity (Wildman–Crippen MR) is 90.6 cm³/mol. The van der Waals surface area contributed by atoms with Crippen LogP contribution < -0.4 is 5.32 Å². The zero-order chi connectivity index (χ0) is 17.7. The smallest absolute Gasteiger partial charge is 0.294 e. The van der Waals surface area contributed by atoms with Gasteiger partial charge in [0.2, 0.25) is 5.91 Å². The zero-order valence-corrected chi connectivity index (χ0v) is 14.2. The first-order chi connectivity index (χ1) is 11.4. The fourth-order valence-corrected chi connectivity index (χ4v) is 2.84. The van der Waals surface area contributed by atoms with Crippen LogP contribution >= 0.6 is 11.8 Å². The molecule has 0 saturated carbocycles. The van der Waals surface area contributed by atoms with Crippen molar-refractivity contribution in [3.05, 3.63) is 40.6 Å². The van der Waals surface area contributed by atoms with E-state index in [2.05, 4.69) is 5.32 Å². The maximum absolute atomic E-state index is 13.2. The molecule has 1 aliphatic rings. The van der Waals surface area contributed by atoms with E-state index >= 15 is 0 Å². The summed E-state index contributed by atoms with van der Waals surface area (Å²) in [5.41, 5.74) is 0.482. The number of rotatable bonds is 6. The van der Waals surface area contributed by atoms with Crippen molar-refractivity contribution in [1.82, 2.24) is 15.1 Å². The van der Waals surface area contributed by atoms with Gasteiger partial charge in [0.15, 0.2) is 0 Å². The lowest BCUT2D eigenvalue weighted by atomic mass is 10.2. The van der Waals surface area contributed by atoms with Crippen LogP contribution in [0.1, 0.15) is 5.56 Å². The van der Waals surface area contributed by atoms with Gasteiger partial charge in [-0.05, 0) is 49.6 Å². The number of likely N-dealkylation sites (N-methyl/N-ethyl adjacent to an activating group) is 1. The second-order valence-corrected chi connectivity index (χ2v) is 6.47. The molecule has 1 heterocycles. The minimum absolute atomic E-state index is 0.173. The molecule has 1 fully saturated rings. The van der Waals surface area contributed by atoms with E-state index in [1.54, 1.807) is 6.07 Å². The standard InChI is InChI=1S/C16H18FN3O3S/c1-19(2)7-6-18-14(21)10-20-15(22)13(24-16(20)23)9-11-4-3-5-12(17)8-11/h3-5,8-9H,6-7,10H2,1-2H3,(H,18,21). The molecule has 1 aromatic carbocycles. The van der Waals surface area contributed by atoms with E-state index in [1.807, 2.05) is 19.0 Å². The van der Waals surface area contributed by atoms with Crippen molar-refractivity contribution < 1.29 is 18.8 Å². The average Bonchev–Trinajstić information content (AvgIpc) is 2.74. The highest BCUT2D eigenvalue weighted by Crippen LogP contribution is 2.31. The third-order valence-electron chi connectivity index (χ3n) is 3.20. The predicted octanol–water partition coefficient (Wildman–Crippen LogP) is 1.54. The number of nitrogens with one attached hydrogen (secondary N) is 1. The van der Waals surface area contributed by atoms with Crippen LogP contribution in [-0.2, 0) is 9.59 Å². The Balaban J connectivity index is 2.00. The van der Waals surface area contributed by atoms with E-state index in [9.17, 15) is 18.8 Å². The quantitative estimate of drug-likeness (QED) is 0.788. The first-order valence-corrected chi connectivity index (χ1v) is 8.11. The Bertz CT molecular complexity index is 691. The number of benzene rings is 1. The van der Waals surface area contributed by atoms with Crippen LogP contribution in [0.25, 0.3) is 6.08 Å². The molecule has 0 atom stereocenters. The van der Waals surface area contributed by atoms with Gasteiger partial charge in [-0.1, -0.05) is 12.1 Å². The van der Waals surface area contributed by atoms with Crippen LogP contribution in [0.15, 0.2) is 29.2 Å². The summed E-state index contributed by atoms with van der Waals surface area (Å²) in [6.07, 6.45) is 1.44. The number of nitrogens with zero attached hydrogens (tertiary/aromatic N) is 2. The fourth-order valence-electron chi connectivity index (χ4n) is 2.00. The molecule has 6 nitrogen and oxygen atoms in total. The van der Waals surface area contributed by atoms with Crippen molar-refractivity contribution in [2.75, 3.05) is 33.7 Å². The zero-order valence-electron chi connectivity index (χ0n) is 13.4. The van der Waals surface area contributed by atoms with Crippen molar-refractivity contribution in [3.63, 3.8) is 0 Å². The molecule has 0 bridgehead atoms. The van der Waals surface area contributed by atoms with Crippen LogP contribution in [0.3, 0.4) is 0 Å². The summed E-state index contributed by atoms with van der Waals surface area (Å²) in [6, 6.07) is 5.71. The van der Waals surface area contributed by atoms with Crippen LogP contribution in [0.4, 0.5) is 9.18 Å². The summed E-state index contributed by atoms with van der Waals surface area (Å²) in [5.74, 6) is -1.37. The van der Waals surface area contributed by atoms with Crippen LogP contribution in [0.5, 0.6) is 0 Å². The van der Waals surface area contributed by atoms with Gasteiger partial charge in [-0.25, -0.2) is 4.39 Å². The Morgan fingerprint density at radius 3 is 2.79 bits per heavy atom. The van der Waals surface area contributed by atoms with Gasteiger partial charge < -0.3 is 10.2 Å². The maximum Gasteiger partial charge on any atom is 0.294 e. The SMILES string of the molecule is CN(C)CCNC(=O)CN1C(=O)SC(=Cc2cccc(F)c2)C1=O. The largest absolute Gasteiger partial charge is 0.353 e. The second kappa shape index (κ2) is 8.07. The van der Waals surface area contributed by atoms with Crippen molar-refractivity contribution in [3.8, 4) is 0 Å². The first-order valence-electron chi connectivity index (χ1n) is 7.29. The van der Waals surface area contributed by atoms with Crippen LogP contribution in [0.2, 0.25) is 0 Å². The van der Waals surface area contributed by atoms with Crippen molar-refractivity contribution in [2.45, 2.75) is 0 Å². The molecule has 3 amide bonds. The summed E-state index contributed by atoms with van der Waals surface area (Å²) in [6.45, 7) is 0.771. The second-order valence-electron chi connectivity index (χ2n) is 5.48. The van der Waals surface area contributed by atoms with Crippen LogP contribution in [0, 0.1) is 5.82 Å². The van der Waals surface area contributed by atoms with Gasteiger partial charge >= 0.3 is 0 Å². The molecule has 24 heavy (non-hydrogen) atoms. The Kier molecular flexibility index (Phi) is 6.10. The molecule has 0 spiro atoms. The highest BCUT2D eigenvalue weighted by Gasteiger charge is 2.36. The molecule has 0 aromatic heterocycles. The van der Waals surface area contributed by atoms with Crippen molar-refractivity contribution >= 4 is 34.9 Å². The van der Waals surface area contributed by atoms with E-state index in [-0.39, 0.29) is 11.4 Å². The molecular weight excluding hydrogens is 333 g/mol. The number of imide groups is 1. The minimum atomic E-state index is -0.544. The van der Waals surface area contributed by atoms with Crippen molar-refractivity contribution in [2.24, 2.45) is 0 Å². The summed E-state index contributed by atoms with van der Waals surface area (Å²) >= 11 is 0.741. The van der Waals surface area contributed by atoms with Crippen LogP contribution in [-0.4, -0.2) is 60.6 Å². The molecule has 8 heteroatoms. The van der Waals surface area contributed by atoms with E-state index in [4.69, 9.17) is 0 Å². The highest BCUT2D eigenvalue weighted by molar-refractivity contribution is 8.18. The topological polar surface area (TPSA) is 69.7 Å². The van der Waals surface area contributed by atoms with Gasteiger partial charge in [0, 0.05) is 13.1 Å². The van der Waals surface area contributed by atoms with Gasteiger partial charge in [0.05, 0.1) is 4.91 Å². The number of amides is 3. The summed E-state index contributed by atoms with van der Waals surface area (Å²) in [4.78, 5) is 39.0. The average molecular weight is 351 g/mol. The molecule has 1 N–H and O–H groups in total. The lowest BCUT2D eigenvalue weighted by Gasteiger charge is -2.14. The first kappa shape index (κ1) is 18.2. The molecule has 0 unspecified atom stereocenters. The summed E-state index contributed by atoms with van der Waals surface area (Å²) in [7, 11) is 3.75. The lowest BCUT2D eigenvalue weighted by Crippen LogP contribution is -2.41.